The molecule has 1 N–H and O–H groups in total. The quantitative estimate of drug-likeness (QED) is 0.279. The minimum Gasteiger partial charge on any atom is -0.846 e. The molecule has 0 saturated carbocycles. The van der Waals surface area contributed by atoms with E-state index in [1.54, 1.807) is 18.6 Å². The number of hydrogen-bond acceptors (Lipinski definition) is 7. The molecular weight excluding hydrogens is 439 g/mol. The fourth-order valence-corrected chi connectivity index (χ4v) is 2.92. The molecule has 0 atom stereocenters. The van der Waals surface area contributed by atoms with Crippen molar-refractivity contribution in [1.29, 1.82) is 0 Å². The average molecular weight is 455 g/mol. The van der Waals surface area contributed by atoms with Crippen molar-refractivity contribution in [2.75, 3.05) is 5.32 Å². The lowest BCUT2D eigenvalue weighted by atomic mass is 10.1. The Morgan fingerprint density at radius 1 is 1.15 bits per heavy atom. The van der Waals surface area contributed by atoms with E-state index >= 15 is 0 Å². The Kier molecular flexibility index (Phi) is 5.98. The maximum absolute atomic E-state index is 12.7. The van der Waals surface area contributed by atoms with Crippen molar-refractivity contribution in [3.63, 3.8) is 0 Å². The second kappa shape index (κ2) is 9.02. The number of halogens is 3. The van der Waals surface area contributed by atoms with Crippen LogP contribution in [0.2, 0.25) is 0 Å². The first-order chi connectivity index (χ1) is 15.8. The summed E-state index contributed by atoms with van der Waals surface area (Å²) < 4.78 is 44.6. The number of aliphatic imine (C=N–C) groups is 1. The lowest BCUT2D eigenvalue weighted by molar-refractivity contribution is -0.755. The van der Waals surface area contributed by atoms with Gasteiger partial charge in [-0.2, -0.15) is 13.2 Å². The molecule has 4 rings (SSSR count). The van der Waals surface area contributed by atoms with Crippen molar-refractivity contribution < 1.29 is 27.5 Å². The van der Waals surface area contributed by atoms with Crippen LogP contribution in [0.1, 0.15) is 16.8 Å². The summed E-state index contributed by atoms with van der Waals surface area (Å²) in [6, 6.07) is 5.47. The molecule has 33 heavy (non-hydrogen) atoms. The van der Waals surface area contributed by atoms with E-state index in [2.05, 4.69) is 30.5 Å². The normalized spacial score (nSPS) is 12.1. The molecule has 0 amide bonds. The molecule has 0 saturated heterocycles. The van der Waals surface area contributed by atoms with Gasteiger partial charge in [0.05, 0.1) is 23.5 Å². The van der Waals surface area contributed by atoms with Gasteiger partial charge in [0, 0.05) is 35.9 Å². The Morgan fingerprint density at radius 3 is 2.73 bits per heavy atom. The number of anilines is 1. The molecular formula is C21H16F3N7O2. The molecule has 4 aromatic heterocycles. The van der Waals surface area contributed by atoms with Gasteiger partial charge in [-0.15, -0.1) is 0 Å². The van der Waals surface area contributed by atoms with Gasteiger partial charge in [0.15, 0.2) is 0 Å². The molecule has 0 unspecified atom stereocenters. The van der Waals surface area contributed by atoms with Crippen molar-refractivity contribution in [3.8, 4) is 11.1 Å². The van der Waals surface area contributed by atoms with E-state index in [1.807, 2.05) is 25.1 Å². The van der Waals surface area contributed by atoms with Crippen LogP contribution in [-0.2, 0) is 12.7 Å². The van der Waals surface area contributed by atoms with Crippen LogP contribution >= 0.6 is 0 Å². The average Bonchev–Trinajstić information content (AvgIpc) is 3.21. The third-order valence-corrected chi connectivity index (χ3v) is 4.53. The highest BCUT2D eigenvalue weighted by Crippen LogP contribution is 2.29. The topological polar surface area (TPSA) is 116 Å². The number of nitrogens with zero attached hydrogens (tertiary/aromatic N) is 6. The van der Waals surface area contributed by atoms with Crippen LogP contribution in [0.25, 0.3) is 11.1 Å². The van der Waals surface area contributed by atoms with Gasteiger partial charge < -0.3 is 10.4 Å². The van der Waals surface area contributed by atoms with Crippen molar-refractivity contribution in [1.82, 2.24) is 20.2 Å². The standard InChI is InChI=1S/C21H16F3N7O2/c1-13-4-5-25-10-18(13)14-2-3-16(27-7-14)11-31-12-19(33-30-31)29-20(32)28-17-6-15(8-26-9-17)21(22,23)24/h2-10,12H,11H2,1H3,(H-,28,29,30,32). The first-order valence-corrected chi connectivity index (χ1v) is 9.55. The Bertz CT molecular complexity index is 1290. The van der Waals surface area contributed by atoms with Gasteiger partial charge in [0.25, 0.3) is 6.20 Å². The molecule has 4 heterocycles. The minimum absolute atomic E-state index is 0.130. The van der Waals surface area contributed by atoms with Gasteiger partial charge in [-0.25, -0.2) is 4.99 Å². The second-order valence-corrected chi connectivity index (χ2v) is 6.97. The number of aryl methyl sites for hydroxylation is 1. The Hall–Kier alpha value is -4.35. The van der Waals surface area contributed by atoms with Crippen LogP contribution in [0.5, 0.6) is 0 Å². The zero-order chi connectivity index (χ0) is 23.4. The van der Waals surface area contributed by atoms with Crippen LogP contribution in [0.3, 0.4) is 0 Å². The third-order valence-electron chi connectivity index (χ3n) is 4.53. The van der Waals surface area contributed by atoms with Crippen LogP contribution < -0.4 is 15.1 Å². The molecule has 168 valence electrons. The molecule has 9 nitrogen and oxygen atoms in total. The summed E-state index contributed by atoms with van der Waals surface area (Å²) in [5.41, 5.74) is 2.52. The van der Waals surface area contributed by atoms with E-state index < -0.39 is 17.8 Å². The first kappa shape index (κ1) is 21.9. The smallest absolute Gasteiger partial charge is 0.417 e. The molecule has 12 heteroatoms. The highest BCUT2D eigenvalue weighted by Gasteiger charge is 2.31. The molecule has 0 fully saturated rings. The maximum atomic E-state index is 12.7. The largest absolute Gasteiger partial charge is 0.846 e. The van der Waals surface area contributed by atoms with E-state index in [-0.39, 0.29) is 18.1 Å². The molecule has 0 aliphatic heterocycles. The van der Waals surface area contributed by atoms with Crippen LogP contribution in [-0.4, -0.2) is 26.2 Å². The molecule has 0 spiro atoms. The van der Waals surface area contributed by atoms with Crippen molar-refractivity contribution >= 4 is 17.6 Å². The zero-order valence-electron chi connectivity index (χ0n) is 17.1. The molecule has 0 bridgehead atoms. The summed E-state index contributed by atoms with van der Waals surface area (Å²) in [6.45, 7) is 2.24. The summed E-state index contributed by atoms with van der Waals surface area (Å²) in [5.74, 6) is -0.130. The fourth-order valence-electron chi connectivity index (χ4n) is 2.92. The molecule has 0 aliphatic carbocycles. The molecule has 0 aliphatic rings. The summed E-state index contributed by atoms with van der Waals surface area (Å²) in [6.07, 6.45) is 3.74. The number of rotatable bonds is 5. The van der Waals surface area contributed by atoms with Gasteiger partial charge in [-0.3, -0.25) is 19.5 Å². The van der Waals surface area contributed by atoms with Crippen LogP contribution in [0, 0.1) is 6.92 Å². The predicted octanol–water partition coefficient (Wildman–Crippen LogP) is 2.65. The molecule has 4 aromatic rings. The Morgan fingerprint density at radius 2 is 2.00 bits per heavy atom. The first-order valence-electron chi connectivity index (χ1n) is 9.55. The van der Waals surface area contributed by atoms with E-state index in [9.17, 15) is 18.3 Å². The van der Waals surface area contributed by atoms with E-state index in [0.29, 0.717) is 11.9 Å². The molecule has 0 radical (unpaired) electrons. The lowest BCUT2D eigenvalue weighted by Gasteiger charge is -2.13. The lowest BCUT2D eigenvalue weighted by Crippen LogP contribution is -2.35. The maximum Gasteiger partial charge on any atom is 0.417 e. The molecule has 0 aromatic carbocycles. The number of nitrogens with one attached hydrogen (secondary N) is 1. The summed E-state index contributed by atoms with van der Waals surface area (Å²) in [4.78, 5) is 15.6. The summed E-state index contributed by atoms with van der Waals surface area (Å²) in [5, 5.41) is 18.0. The number of pyridine rings is 3. The van der Waals surface area contributed by atoms with Crippen molar-refractivity contribution in [3.05, 3.63) is 78.3 Å². The van der Waals surface area contributed by atoms with Crippen LogP contribution in [0.15, 0.2) is 71.0 Å². The second-order valence-electron chi connectivity index (χ2n) is 6.97. The van der Waals surface area contributed by atoms with Crippen LogP contribution in [0.4, 0.5) is 24.7 Å². The summed E-state index contributed by atoms with van der Waals surface area (Å²) >= 11 is 0. The highest BCUT2D eigenvalue weighted by molar-refractivity contribution is 5.86. The third kappa shape index (κ3) is 5.47. The van der Waals surface area contributed by atoms with E-state index in [1.165, 1.54) is 10.9 Å². The Labute approximate surface area is 185 Å². The van der Waals surface area contributed by atoms with E-state index in [0.717, 1.165) is 29.0 Å². The van der Waals surface area contributed by atoms with Crippen molar-refractivity contribution in [2.45, 2.75) is 19.6 Å². The van der Waals surface area contributed by atoms with Crippen molar-refractivity contribution in [2.24, 2.45) is 4.99 Å². The van der Waals surface area contributed by atoms with Gasteiger partial charge in [-0.1, -0.05) is 6.07 Å². The number of amidine groups is 1. The minimum atomic E-state index is -4.58. The van der Waals surface area contributed by atoms with Gasteiger partial charge >= 0.3 is 12.1 Å². The van der Waals surface area contributed by atoms with E-state index in [4.69, 9.17) is 4.52 Å². The number of aromatic nitrogens is 5. The summed E-state index contributed by atoms with van der Waals surface area (Å²) in [7, 11) is 0. The van der Waals surface area contributed by atoms with Gasteiger partial charge in [-0.05, 0) is 35.4 Å². The fraction of sp³-hybridized carbons (Fsp3) is 0.143. The monoisotopic (exact) mass is 455 g/mol. The number of alkyl halides is 3. The highest BCUT2D eigenvalue weighted by atomic mass is 19.4. The van der Waals surface area contributed by atoms with Gasteiger partial charge in [0.2, 0.25) is 11.8 Å². The zero-order valence-corrected chi connectivity index (χ0v) is 17.1. The predicted molar refractivity (Wildman–Crippen MR) is 108 cm³/mol. The number of hydrogen-bond donors (Lipinski definition) is 1. The SMILES string of the molecule is Cc1ccncc1-c1ccc(C[n+]2cc(N=C([O-])Nc3cncc(C(F)(F)F)c3)on2)nc1. The Balaban J connectivity index is 1.42. The van der Waals surface area contributed by atoms with Gasteiger partial charge in [0.1, 0.15) is 5.69 Å².